The highest BCUT2D eigenvalue weighted by atomic mass is 16.7. The number of hydroxylamine groups is 1. The molecule has 0 saturated carbocycles. The number of nitrogens with two attached hydrogens (primary N) is 1. The van der Waals surface area contributed by atoms with Crippen LogP contribution in [0.25, 0.3) is 0 Å². The lowest BCUT2D eigenvalue weighted by molar-refractivity contribution is -0.158. The Morgan fingerprint density at radius 1 is 1.36 bits per heavy atom. The number of carbonyl (C=O) groups excluding carboxylic acids is 2. The number of hydrogen-bond donors (Lipinski definition) is 2. The highest BCUT2D eigenvalue weighted by molar-refractivity contribution is 5.78. The average molecular weight is 160 g/mol. The zero-order chi connectivity index (χ0) is 9.07. The molecule has 3 N–H and O–H groups in total. The summed E-state index contributed by atoms with van der Waals surface area (Å²) in [4.78, 5) is 25.2. The Bertz CT molecular complexity index is 171. The molecule has 0 spiro atoms. The lowest BCUT2D eigenvalue weighted by atomic mass is 9.98. The van der Waals surface area contributed by atoms with E-state index in [1.807, 2.05) is 0 Å². The highest BCUT2D eigenvalue weighted by Gasteiger charge is 2.23. The number of amides is 2. The third-order valence-electron chi connectivity index (χ3n) is 0.857. The molecule has 0 fully saturated rings. The standard InChI is InChI=1S/C6H12N2O3/c1-6(2,3)4(9)11-8-5(7)10/h1-3H3,(H3,7,8,10). The van der Waals surface area contributed by atoms with Crippen molar-refractivity contribution < 1.29 is 14.4 Å². The Morgan fingerprint density at radius 2 is 1.82 bits per heavy atom. The van der Waals surface area contributed by atoms with E-state index >= 15 is 0 Å². The number of urea groups is 1. The molecule has 11 heavy (non-hydrogen) atoms. The molecule has 0 aliphatic heterocycles. The number of rotatable bonds is 0. The Kier molecular flexibility index (Phi) is 2.86. The van der Waals surface area contributed by atoms with Crippen molar-refractivity contribution in [1.82, 2.24) is 5.48 Å². The minimum absolute atomic E-state index is 0.531. The van der Waals surface area contributed by atoms with E-state index in [9.17, 15) is 9.59 Å². The predicted octanol–water partition coefficient (Wildman–Crippen LogP) is 0.159. The largest absolute Gasteiger partial charge is 0.349 e. The second kappa shape index (κ2) is 3.23. The summed E-state index contributed by atoms with van der Waals surface area (Å²) in [7, 11) is 0. The summed E-state index contributed by atoms with van der Waals surface area (Å²) in [6, 6.07) is -0.886. The minimum Gasteiger partial charge on any atom is -0.349 e. The lowest BCUT2D eigenvalue weighted by Gasteiger charge is -2.14. The van der Waals surface area contributed by atoms with Crippen molar-refractivity contribution in [2.45, 2.75) is 20.8 Å². The molecule has 0 aromatic heterocycles. The molecule has 0 bridgehead atoms. The van der Waals surface area contributed by atoms with Crippen molar-refractivity contribution in [2.75, 3.05) is 0 Å². The first-order valence-electron chi connectivity index (χ1n) is 3.11. The van der Waals surface area contributed by atoms with Gasteiger partial charge in [-0.15, -0.1) is 0 Å². The van der Waals surface area contributed by atoms with Gasteiger partial charge in [0.25, 0.3) is 0 Å². The molecule has 0 aromatic carbocycles. The molecule has 0 radical (unpaired) electrons. The third-order valence-corrected chi connectivity index (χ3v) is 0.857. The maximum atomic E-state index is 10.9. The van der Waals surface area contributed by atoms with Gasteiger partial charge >= 0.3 is 12.0 Å². The van der Waals surface area contributed by atoms with E-state index in [0.717, 1.165) is 0 Å². The molecule has 2 amide bonds. The van der Waals surface area contributed by atoms with Crippen LogP contribution in [-0.2, 0) is 9.63 Å². The van der Waals surface area contributed by atoms with Crippen molar-refractivity contribution in [2.24, 2.45) is 11.1 Å². The molecule has 5 heteroatoms. The Morgan fingerprint density at radius 3 is 2.09 bits per heavy atom. The molecule has 0 aliphatic rings. The van der Waals surface area contributed by atoms with E-state index in [4.69, 9.17) is 0 Å². The molecular weight excluding hydrogens is 148 g/mol. The van der Waals surface area contributed by atoms with Crippen LogP contribution in [0, 0.1) is 5.41 Å². The average Bonchev–Trinajstić information content (AvgIpc) is 1.80. The predicted molar refractivity (Wildman–Crippen MR) is 38.3 cm³/mol. The zero-order valence-electron chi connectivity index (χ0n) is 6.80. The van der Waals surface area contributed by atoms with E-state index in [0.29, 0.717) is 0 Å². The van der Waals surface area contributed by atoms with Crippen molar-refractivity contribution in [3.8, 4) is 0 Å². The minimum atomic E-state index is -0.886. The SMILES string of the molecule is CC(C)(C)C(=O)ONC(N)=O. The summed E-state index contributed by atoms with van der Waals surface area (Å²) in [5, 5.41) is 0. The first-order valence-corrected chi connectivity index (χ1v) is 3.11. The number of primary amides is 1. The second-order valence-corrected chi connectivity index (χ2v) is 3.11. The molecule has 0 aliphatic carbocycles. The van der Waals surface area contributed by atoms with Gasteiger partial charge in [-0.1, -0.05) is 0 Å². The van der Waals surface area contributed by atoms with Crippen molar-refractivity contribution >= 4 is 12.0 Å². The van der Waals surface area contributed by atoms with Crippen LogP contribution < -0.4 is 11.2 Å². The monoisotopic (exact) mass is 160 g/mol. The Hall–Kier alpha value is -1.26. The van der Waals surface area contributed by atoms with Gasteiger partial charge < -0.3 is 10.6 Å². The lowest BCUT2D eigenvalue weighted by Crippen LogP contribution is -2.36. The maximum Gasteiger partial charge on any atom is 0.345 e. The molecular formula is C6H12N2O3. The van der Waals surface area contributed by atoms with Crippen LogP contribution in [0.15, 0.2) is 0 Å². The van der Waals surface area contributed by atoms with Crippen molar-refractivity contribution in [3.05, 3.63) is 0 Å². The number of nitrogens with one attached hydrogen (secondary N) is 1. The van der Waals surface area contributed by atoms with E-state index < -0.39 is 17.4 Å². The summed E-state index contributed by atoms with van der Waals surface area (Å²) < 4.78 is 0. The Labute approximate surface area is 64.8 Å². The van der Waals surface area contributed by atoms with Gasteiger partial charge in [0.15, 0.2) is 0 Å². The molecule has 0 rings (SSSR count). The quantitative estimate of drug-likeness (QED) is 0.495. The number of hydrogen-bond acceptors (Lipinski definition) is 3. The summed E-state index contributed by atoms with van der Waals surface area (Å²) >= 11 is 0. The summed E-state index contributed by atoms with van der Waals surface area (Å²) in [6.07, 6.45) is 0. The summed E-state index contributed by atoms with van der Waals surface area (Å²) in [5.41, 5.74) is 5.76. The number of carbonyl (C=O) groups is 2. The highest BCUT2D eigenvalue weighted by Crippen LogP contribution is 2.13. The molecule has 64 valence electrons. The van der Waals surface area contributed by atoms with E-state index in [1.54, 1.807) is 26.3 Å². The first kappa shape index (κ1) is 9.74. The van der Waals surface area contributed by atoms with E-state index in [-0.39, 0.29) is 0 Å². The fraction of sp³-hybridized carbons (Fsp3) is 0.667. The molecule has 0 atom stereocenters. The van der Waals surface area contributed by atoms with Crippen molar-refractivity contribution in [3.63, 3.8) is 0 Å². The fourth-order valence-electron chi connectivity index (χ4n) is 0.250. The molecule has 0 unspecified atom stereocenters. The summed E-state index contributed by atoms with van der Waals surface area (Å²) in [5.74, 6) is -0.531. The van der Waals surface area contributed by atoms with Crippen LogP contribution in [0.2, 0.25) is 0 Å². The van der Waals surface area contributed by atoms with Crippen molar-refractivity contribution in [1.29, 1.82) is 0 Å². The third kappa shape index (κ3) is 4.19. The fourth-order valence-corrected chi connectivity index (χ4v) is 0.250. The van der Waals surface area contributed by atoms with Gasteiger partial charge in [0, 0.05) is 0 Å². The summed E-state index contributed by atoms with van der Waals surface area (Å²) in [6.45, 7) is 4.99. The van der Waals surface area contributed by atoms with Gasteiger partial charge in [0.2, 0.25) is 0 Å². The maximum absolute atomic E-state index is 10.9. The van der Waals surface area contributed by atoms with Crippen LogP contribution in [-0.4, -0.2) is 12.0 Å². The van der Waals surface area contributed by atoms with Crippen LogP contribution in [0.3, 0.4) is 0 Å². The molecule has 5 nitrogen and oxygen atoms in total. The zero-order valence-corrected chi connectivity index (χ0v) is 6.80. The van der Waals surface area contributed by atoms with Crippen LogP contribution in [0.1, 0.15) is 20.8 Å². The first-order chi connectivity index (χ1) is 4.84. The normalized spacial score (nSPS) is 10.5. The van der Waals surface area contributed by atoms with Gasteiger partial charge in [-0.2, -0.15) is 5.48 Å². The van der Waals surface area contributed by atoms with Crippen LogP contribution >= 0.6 is 0 Å². The van der Waals surface area contributed by atoms with Crippen LogP contribution in [0.4, 0.5) is 4.79 Å². The van der Waals surface area contributed by atoms with Crippen LogP contribution in [0.5, 0.6) is 0 Å². The Balaban J connectivity index is 3.80. The smallest absolute Gasteiger partial charge is 0.345 e. The van der Waals surface area contributed by atoms with E-state index in [2.05, 4.69) is 10.6 Å². The molecule has 0 aromatic rings. The molecule has 0 saturated heterocycles. The van der Waals surface area contributed by atoms with Gasteiger partial charge in [0.05, 0.1) is 5.41 Å². The molecule has 0 heterocycles. The van der Waals surface area contributed by atoms with Gasteiger partial charge in [0.1, 0.15) is 0 Å². The second-order valence-electron chi connectivity index (χ2n) is 3.11. The van der Waals surface area contributed by atoms with Gasteiger partial charge in [-0.25, -0.2) is 9.59 Å². The van der Waals surface area contributed by atoms with Gasteiger partial charge in [-0.3, -0.25) is 0 Å². The van der Waals surface area contributed by atoms with Gasteiger partial charge in [-0.05, 0) is 20.8 Å². The van der Waals surface area contributed by atoms with E-state index in [1.165, 1.54) is 0 Å². The topological polar surface area (TPSA) is 81.4 Å².